The Bertz CT molecular complexity index is 65.5. The normalized spacial score (nSPS) is 17.3. The van der Waals surface area contributed by atoms with Crippen molar-refractivity contribution >= 4 is 20.9 Å². The van der Waals surface area contributed by atoms with Crippen molar-refractivity contribution in [2.24, 2.45) is 0 Å². The van der Waals surface area contributed by atoms with Crippen LogP contribution in [0.25, 0.3) is 0 Å². The second-order valence-corrected chi connectivity index (χ2v) is 3.24. The van der Waals surface area contributed by atoms with Crippen molar-refractivity contribution < 1.29 is 0 Å². The second kappa shape index (κ2) is 2.28. The molecule has 0 aromatic heterocycles. The van der Waals surface area contributed by atoms with Gasteiger partial charge >= 0.3 is 46.9 Å². The van der Waals surface area contributed by atoms with Gasteiger partial charge in [-0.1, -0.05) is 0 Å². The molecule has 1 rings (SSSR count). The van der Waals surface area contributed by atoms with E-state index in [0.717, 1.165) is 0 Å². The summed E-state index contributed by atoms with van der Waals surface area (Å²) in [5.41, 5.74) is 0. The van der Waals surface area contributed by atoms with Gasteiger partial charge < -0.3 is 0 Å². The quantitative estimate of drug-likeness (QED) is 0.545. The Morgan fingerprint density at radius 2 is 1.83 bits per heavy atom. The third kappa shape index (κ3) is 1.04. The molecular weight excluding hydrogens is 190 g/mol. The molecule has 0 spiro atoms. The van der Waals surface area contributed by atoms with E-state index in [2.05, 4.69) is 13.6 Å². The summed E-state index contributed by atoms with van der Waals surface area (Å²) in [4.78, 5) is 0. The molecule has 0 unspecified atom stereocenters. The molecule has 1 aliphatic heterocycles. The summed E-state index contributed by atoms with van der Waals surface area (Å²) in [7, 11) is 0. The van der Waals surface area contributed by atoms with Crippen LogP contribution in [-0.2, 0) is 0 Å². The van der Waals surface area contributed by atoms with Gasteiger partial charge in [-0.15, -0.1) is 0 Å². The molecular formula is C4H5NTe. The van der Waals surface area contributed by atoms with E-state index in [1.807, 2.05) is 12.4 Å². The number of hydrogen-bond acceptors (Lipinski definition) is 1. The molecule has 1 aliphatic rings. The summed E-state index contributed by atoms with van der Waals surface area (Å²) in [6.45, 7) is 0. The van der Waals surface area contributed by atoms with Crippen LogP contribution in [0, 0.1) is 0 Å². The van der Waals surface area contributed by atoms with E-state index in [4.69, 9.17) is 0 Å². The maximum absolute atomic E-state index is 2.96. The van der Waals surface area contributed by atoms with Crippen LogP contribution < -0.4 is 5.32 Å². The van der Waals surface area contributed by atoms with Gasteiger partial charge in [0.05, 0.1) is 0 Å². The molecule has 1 N–H and O–H groups in total. The van der Waals surface area contributed by atoms with Crippen molar-refractivity contribution in [3.05, 3.63) is 20.6 Å². The van der Waals surface area contributed by atoms with Gasteiger partial charge in [0.1, 0.15) is 0 Å². The molecule has 0 aliphatic carbocycles. The predicted octanol–water partition coefficient (Wildman–Crippen LogP) is 0.236. The van der Waals surface area contributed by atoms with Gasteiger partial charge in [0.2, 0.25) is 0 Å². The van der Waals surface area contributed by atoms with Crippen molar-refractivity contribution in [1.82, 2.24) is 5.32 Å². The van der Waals surface area contributed by atoms with E-state index in [0.29, 0.717) is 0 Å². The summed E-state index contributed by atoms with van der Waals surface area (Å²) in [5, 5.41) is 2.96. The van der Waals surface area contributed by atoms with E-state index in [-0.39, 0.29) is 20.9 Å². The topological polar surface area (TPSA) is 12.0 Å². The van der Waals surface area contributed by atoms with E-state index in [1.54, 1.807) is 0 Å². The average molecular weight is 195 g/mol. The molecule has 0 aromatic carbocycles. The minimum absolute atomic E-state index is 0.148. The van der Waals surface area contributed by atoms with Gasteiger partial charge in [-0.2, -0.15) is 0 Å². The summed E-state index contributed by atoms with van der Waals surface area (Å²) in [5.74, 6) is 0. The van der Waals surface area contributed by atoms with Gasteiger partial charge in [-0.3, -0.25) is 0 Å². The van der Waals surface area contributed by atoms with Crippen LogP contribution >= 0.6 is 0 Å². The first-order chi connectivity index (χ1) is 3.00. The predicted molar refractivity (Wildman–Crippen MR) is 27.2 cm³/mol. The zero-order valence-corrected chi connectivity index (χ0v) is 5.55. The Morgan fingerprint density at radius 3 is 2.00 bits per heavy atom. The molecule has 1 nitrogen and oxygen atoms in total. The monoisotopic (exact) mass is 197 g/mol. The Labute approximate surface area is 47.2 Å². The Balaban J connectivity index is 2.40. The van der Waals surface area contributed by atoms with Crippen LogP contribution in [-0.4, -0.2) is 20.9 Å². The SMILES string of the molecule is C1=C[Te]C=CN1. The standard InChI is InChI=1S/C4H5NTe/c1-3-6-4-2-5-1/h1-5H. The molecule has 1 heterocycles. The molecule has 0 fully saturated rings. The Morgan fingerprint density at radius 1 is 1.17 bits per heavy atom. The van der Waals surface area contributed by atoms with Crippen LogP contribution in [0.3, 0.4) is 0 Å². The van der Waals surface area contributed by atoms with Crippen molar-refractivity contribution in [2.75, 3.05) is 0 Å². The molecule has 6 heavy (non-hydrogen) atoms. The Hall–Kier alpha value is 0.0696. The van der Waals surface area contributed by atoms with Gasteiger partial charge in [-0.05, 0) is 0 Å². The van der Waals surface area contributed by atoms with E-state index < -0.39 is 0 Å². The van der Waals surface area contributed by atoms with E-state index >= 15 is 0 Å². The summed E-state index contributed by atoms with van der Waals surface area (Å²) < 4.78 is 4.40. The zero-order valence-electron chi connectivity index (χ0n) is 3.22. The molecule has 0 radical (unpaired) electrons. The molecule has 0 bridgehead atoms. The molecule has 0 atom stereocenters. The minimum atomic E-state index is 0.148. The molecule has 0 saturated carbocycles. The zero-order chi connectivity index (χ0) is 4.24. The van der Waals surface area contributed by atoms with E-state index in [9.17, 15) is 0 Å². The number of nitrogens with one attached hydrogen (secondary N) is 1. The molecule has 0 amide bonds. The maximum atomic E-state index is 2.96. The number of rotatable bonds is 0. The van der Waals surface area contributed by atoms with E-state index in [1.165, 1.54) is 0 Å². The summed E-state index contributed by atoms with van der Waals surface area (Å²) in [6.07, 6.45) is 3.98. The summed E-state index contributed by atoms with van der Waals surface area (Å²) in [6, 6.07) is 0. The fourth-order valence-corrected chi connectivity index (χ4v) is 1.41. The first-order valence-corrected chi connectivity index (χ1v) is 4.41. The Kier molecular flexibility index (Phi) is 1.61. The fourth-order valence-electron chi connectivity index (χ4n) is 0.258. The average Bonchev–Trinajstić information content (AvgIpc) is 1.72. The molecule has 2 heteroatoms. The summed E-state index contributed by atoms with van der Waals surface area (Å²) >= 11 is 0.148. The third-order valence-electron chi connectivity index (χ3n) is 0.486. The third-order valence-corrected chi connectivity index (χ3v) is 2.16. The van der Waals surface area contributed by atoms with Crippen molar-refractivity contribution in [2.45, 2.75) is 0 Å². The van der Waals surface area contributed by atoms with Crippen LogP contribution in [0.2, 0.25) is 0 Å². The van der Waals surface area contributed by atoms with Crippen LogP contribution in [0.4, 0.5) is 0 Å². The number of hydrogen-bond donors (Lipinski definition) is 1. The van der Waals surface area contributed by atoms with Crippen molar-refractivity contribution in [3.63, 3.8) is 0 Å². The molecule has 32 valence electrons. The second-order valence-electron chi connectivity index (χ2n) is 0.908. The molecule has 0 aromatic rings. The van der Waals surface area contributed by atoms with Crippen molar-refractivity contribution in [1.29, 1.82) is 0 Å². The first-order valence-electron chi connectivity index (χ1n) is 1.72. The first kappa shape index (κ1) is 4.23. The van der Waals surface area contributed by atoms with Crippen LogP contribution in [0.15, 0.2) is 20.6 Å². The van der Waals surface area contributed by atoms with Gasteiger partial charge in [0.25, 0.3) is 0 Å². The molecule has 0 saturated heterocycles. The fraction of sp³-hybridized carbons (Fsp3) is 0. The van der Waals surface area contributed by atoms with Gasteiger partial charge in [0, 0.05) is 0 Å². The van der Waals surface area contributed by atoms with Gasteiger partial charge in [-0.25, -0.2) is 0 Å². The van der Waals surface area contributed by atoms with Crippen LogP contribution in [0.5, 0.6) is 0 Å². The van der Waals surface area contributed by atoms with Crippen molar-refractivity contribution in [3.8, 4) is 0 Å². The van der Waals surface area contributed by atoms with Gasteiger partial charge in [0.15, 0.2) is 0 Å². The van der Waals surface area contributed by atoms with Crippen LogP contribution in [0.1, 0.15) is 0 Å².